The number of alkyl carbamates (subject to hydrolysis) is 1. The summed E-state index contributed by atoms with van der Waals surface area (Å²) in [6.07, 6.45) is 2.37. The molecule has 3 aromatic carbocycles. The summed E-state index contributed by atoms with van der Waals surface area (Å²) in [5, 5.41) is 3.23. The number of nitrogens with one attached hydrogen (secondary N) is 1. The Labute approximate surface area is 244 Å². The van der Waals surface area contributed by atoms with Crippen molar-refractivity contribution in [1.29, 1.82) is 0 Å². The zero-order valence-electron chi connectivity index (χ0n) is 24.1. The number of fused-ring (bicyclic) bond motifs is 1. The van der Waals surface area contributed by atoms with Gasteiger partial charge in [0, 0.05) is 22.7 Å². The number of aromatic nitrogens is 1. The van der Waals surface area contributed by atoms with Gasteiger partial charge >= 0.3 is 18.0 Å². The number of ether oxygens (including phenoxy) is 4. The molecule has 1 N–H and O–H groups in total. The number of methoxy groups -OCH3 is 1. The van der Waals surface area contributed by atoms with Crippen molar-refractivity contribution >= 4 is 35.0 Å². The molecule has 0 spiro atoms. The molecule has 0 radical (unpaired) electrons. The van der Waals surface area contributed by atoms with Crippen LogP contribution in [0.3, 0.4) is 0 Å². The molecule has 4 aromatic rings. The Balaban J connectivity index is 1.66. The minimum absolute atomic E-state index is 0.00594. The van der Waals surface area contributed by atoms with Crippen molar-refractivity contribution in [2.45, 2.75) is 46.1 Å². The largest absolute Gasteiger partial charge is 0.497 e. The highest BCUT2D eigenvalue weighted by atomic mass is 16.6. The predicted molar refractivity (Wildman–Crippen MR) is 158 cm³/mol. The van der Waals surface area contributed by atoms with Crippen LogP contribution < -0.4 is 10.1 Å². The van der Waals surface area contributed by atoms with Gasteiger partial charge in [0.1, 0.15) is 36.8 Å². The fourth-order valence-electron chi connectivity index (χ4n) is 4.16. The molecule has 42 heavy (non-hydrogen) atoms. The van der Waals surface area contributed by atoms with Crippen LogP contribution in [0.5, 0.6) is 5.75 Å². The third-order valence-electron chi connectivity index (χ3n) is 6.02. The second-order valence-electron chi connectivity index (χ2n) is 10.5. The smallest absolute Gasteiger partial charge is 0.412 e. The van der Waals surface area contributed by atoms with E-state index >= 15 is 0 Å². The summed E-state index contributed by atoms with van der Waals surface area (Å²) in [4.78, 5) is 38.7. The van der Waals surface area contributed by atoms with Crippen LogP contribution in [0.15, 0.2) is 90.8 Å². The van der Waals surface area contributed by atoms with Crippen LogP contribution in [0.1, 0.15) is 37.5 Å². The number of benzene rings is 3. The lowest BCUT2D eigenvalue weighted by Crippen LogP contribution is -2.29. The first-order valence-corrected chi connectivity index (χ1v) is 13.4. The van der Waals surface area contributed by atoms with Gasteiger partial charge in [-0.15, -0.1) is 0 Å². The van der Waals surface area contributed by atoms with Crippen molar-refractivity contribution in [1.82, 2.24) is 9.88 Å². The third kappa shape index (κ3) is 8.47. The van der Waals surface area contributed by atoms with E-state index in [4.69, 9.17) is 18.9 Å². The van der Waals surface area contributed by atoms with E-state index in [1.807, 2.05) is 66.7 Å². The highest BCUT2D eigenvalue weighted by Gasteiger charge is 2.21. The predicted octanol–water partition coefficient (Wildman–Crippen LogP) is 6.00. The third-order valence-corrected chi connectivity index (χ3v) is 6.02. The van der Waals surface area contributed by atoms with Gasteiger partial charge in [-0.25, -0.2) is 9.59 Å². The fraction of sp³-hybridized carbons (Fsp3) is 0.242. The zero-order valence-corrected chi connectivity index (χ0v) is 24.1. The highest BCUT2D eigenvalue weighted by Crippen LogP contribution is 2.28. The molecule has 4 rings (SSSR count). The summed E-state index contributed by atoms with van der Waals surface area (Å²) in [6, 6.07) is 23.8. The maximum absolute atomic E-state index is 13.3. The highest BCUT2D eigenvalue weighted by molar-refractivity contribution is 6.00. The Kier molecular flexibility index (Phi) is 9.65. The average Bonchev–Trinajstić information content (AvgIpc) is 3.30. The monoisotopic (exact) mass is 570 g/mol. The van der Waals surface area contributed by atoms with Crippen LogP contribution in [-0.2, 0) is 43.6 Å². The molecule has 0 bridgehead atoms. The first-order chi connectivity index (χ1) is 20.1. The van der Waals surface area contributed by atoms with Crippen molar-refractivity contribution in [3.63, 3.8) is 0 Å². The number of carbonyl (C=O) groups excluding carboxylic acids is 3. The lowest BCUT2D eigenvalue weighted by atomic mass is 10.1. The van der Waals surface area contributed by atoms with Gasteiger partial charge in [-0.3, -0.25) is 10.1 Å². The van der Waals surface area contributed by atoms with Crippen molar-refractivity contribution in [2.75, 3.05) is 7.11 Å². The summed E-state index contributed by atoms with van der Waals surface area (Å²) < 4.78 is 23.5. The van der Waals surface area contributed by atoms with Crippen molar-refractivity contribution < 1.29 is 33.3 Å². The van der Waals surface area contributed by atoms with E-state index in [0.29, 0.717) is 22.2 Å². The molecule has 218 valence electrons. The number of carbonyl (C=O) groups is 3. The number of hydrogen-bond donors (Lipinski definition) is 1. The van der Waals surface area contributed by atoms with Crippen molar-refractivity contribution in [2.24, 2.45) is 0 Å². The minimum atomic E-state index is -0.822. The normalized spacial score (nSPS) is 11.6. The van der Waals surface area contributed by atoms with Gasteiger partial charge in [0.25, 0.3) is 0 Å². The Morgan fingerprint density at radius 3 is 2.07 bits per heavy atom. The molecule has 0 saturated carbocycles. The molecule has 0 saturated heterocycles. The van der Waals surface area contributed by atoms with Crippen LogP contribution in [-0.4, -0.2) is 35.3 Å². The average molecular weight is 571 g/mol. The molecular weight excluding hydrogens is 536 g/mol. The lowest BCUT2D eigenvalue weighted by molar-refractivity contribution is -0.155. The van der Waals surface area contributed by atoms with Crippen LogP contribution >= 0.6 is 0 Å². The number of hydrogen-bond acceptors (Lipinski definition) is 7. The molecule has 0 aliphatic carbocycles. The molecular formula is C33H34N2O7. The number of amides is 1. The maximum atomic E-state index is 13.3. The molecule has 0 unspecified atom stereocenters. The molecule has 9 heteroatoms. The van der Waals surface area contributed by atoms with Crippen molar-refractivity contribution in [3.8, 4) is 5.75 Å². The summed E-state index contributed by atoms with van der Waals surface area (Å²) in [5.41, 5.74) is 2.05. The fourth-order valence-corrected chi connectivity index (χ4v) is 4.16. The maximum Gasteiger partial charge on any atom is 0.412 e. The number of rotatable bonds is 10. The summed E-state index contributed by atoms with van der Waals surface area (Å²) in [7, 11) is 1.55. The molecule has 0 atom stereocenters. The van der Waals surface area contributed by atoms with Gasteiger partial charge in [-0.1, -0.05) is 60.7 Å². The Morgan fingerprint density at radius 2 is 1.48 bits per heavy atom. The lowest BCUT2D eigenvalue weighted by Gasteiger charge is -2.19. The van der Waals surface area contributed by atoms with Gasteiger partial charge in [-0.2, -0.15) is 0 Å². The Morgan fingerprint density at radius 1 is 0.857 bits per heavy atom. The Bertz CT molecular complexity index is 1570. The van der Waals surface area contributed by atoms with Crippen LogP contribution in [0.2, 0.25) is 0 Å². The second kappa shape index (κ2) is 13.5. The van der Waals surface area contributed by atoms with E-state index in [-0.39, 0.29) is 25.5 Å². The Hall–Kier alpha value is -5.05. The van der Waals surface area contributed by atoms with Crippen LogP contribution in [0, 0.1) is 0 Å². The van der Waals surface area contributed by atoms with E-state index in [2.05, 4.69) is 5.32 Å². The van der Waals surface area contributed by atoms with E-state index in [1.54, 1.807) is 50.8 Å². The van der Waals surface area contributed by atoms with E-state index in [0.717, 1.165) is 11.1 Å². The molecule has 9 nitrogen and oxygen atoms in total. The SMILES string of the molecule is COc1ccc2c(c1)c(/C=C(/NC(=O)OCc1ccccc1)C(=O)OCc1ccccc1)cn2CC(=O)OC(C)(C)C. The zero-order chi connectivity index (χ0) is 30.1. The topological polar surface area (TPSA) is 105 Å². The van der Waals surface area contributed by atoms with Crippen LogP contribution in [0.4, 0.5) is 4.79 Å². The van der Waals surface area contributed by atoms with E-state index in [9.17, 15) is 14.4 Å². The molecule has 0 aliphatic rings. The standard InChI is InChI=1S/C33H34N2O7/c1-33(2,3)42-30(36)20-35-19-25(27-18-26(39-4)15-16-29(27)35)17-28(31(37)40-21-23-11-7-5-8-12-23)34-32(38)41-22-24-13-9-6-10-14-24/h5-19H,20-22H2,1-4H3,(H,34,38)/b28-17+. The molecule has 1 amide bonds. The van der Waals surface area contributed by atoms with Gasteiger partial charge < -0.3 is 23.5 Å². The molecule has 0 fully saturated rings. The van der Waals surface area contributed by atoms with Gasteiger partial charge in [-0.05, 0) is 56.2 Å². The number of esters is 2. The van der Waals surface area contributed by atoms with Crippen molar-refractivity contribution in [3.05, 3.63) is 107 Å². The van der Waals surface area contributed by atoms with Gasteiger partial charge in [0.05, 0.1) is 7.11 Å². The first-order valence-electron chi connectivity index (χ1n) is 13.4. The van der Waals surface area contributed by atoms with Crippen LogP contribution in [0.25, 0.3) is 17.0 Å². The second-order valence-corrected chi connectivity index (χ2v) is 10.5. The first kappa shape index (κ1) is 29.9. The van der Waals surface area contributed by atoms with E-state index < -0.39 is 23.6 Å². The number of nitrogens with zero attached hydrogens (tertiary/aromatic N) is 1. The molecule has 0 aliphatic heterocycles. The quantitative estimate of drug-likeness (QED) is 0.142. The van der Waals surface area contributed by atoms with Gasteiger partial charge in [0.2, 0.25) is 0 Å². The summed E-state index contributed by atoms with van der Waals surface area (Å²) >= 11 is 0. The summed E-state index contributed by atoms with van der Waals surface area (Å²) in [6.45, 7) is 5.36. The van der Waals surface area contributed by atoms with Gasteiger partial charge in [0.15, 0.2) is 0 Å². The minimum Gasteiger partial charge on any atom is -0.497 e. The van der Waals surface area contributed by atoms with E-state index in [1.165, 1.54) is 6.08 Å². The summed E-state index contributed by atoms with van der Waals surface area (Å²) in [5.74, 6) is -0.599. The molecule has 1 aromatic heterocycles. The molecule has 1 heterocycles.